The Hall–Kier alpha value is -0.170. The third-order valence-electron chi connectivity index (χ3n) is 4.28. The molecule has 0 aromatic carbocycles. The number of hydrogen-bond donors (Lipinski definition) is 1. The third kappa shape index (κ3) is 4.98. The molecule has 1 heterocycles. The largest absolute Gasteiger partial charge is 0.329 e. The summed E-state index contributed by atoms with van der Waals surface area (Å²) in [5.74, 6) is 0.413. The van der Waals surface area contributed by atoms with E-state index in [1.54, 1.807) is 4.31 Å². The van der Waals surface area contributed by atoms with Gasteiger partial charge in [0.25, 0.3) is 0 Å². The first-order valence-electron chi connectivity index (χ1n) is 7.61. The second-order valence-corrected chi connectivity index (χ2v) is 8.57. The molecule has 1 fully saturated rings. The molecule has 0 aliphatic carbocycles. The van der Waals surface area contributed by atoms with Crippen LogP contribution in [0, 0.1) is 5.92 Å². The first-order chi connectivity index (χ1) is 9.20. The summed E-state index contributed by atoms with van der Waals surface area (Å²) in [7, 11) is -3.06. The number of rotatable bonds is 7. The Morgan fingerprint density at radius 3 is 2.55 bits per heavy atom. The Morgan fingerprint density at radius 2 is 2.05 bits per heavy atom. The molecule has 0 spiro atoms. The molecule has 1 unspecified atom stereocenters. The van der Waals surface area contributed by atoms with E-state index in [0.717, 1.165) is 32.4 Å². The molecule has 1 aliphatic rings. The lowest BCUT2D eigenvalue weighted by molar-refractivity contribution is 0.0883. The van der Waals surface area contributed by atoms with E-state index in [2.05, 4.69) is 25.7 Å². The van der Waals surface area contributed by atoms with E-state index >= 15 is 0 Å². The van der Waals surface area contributed by atoms with Crippen molar-refractivity contribution in [2.24, 2.45) is 11.7 Å². The zero-order valence-corrected chi connectivity index (χ0v) is 14.2. The number of nitrogens with zero attached hydrogens (tertiary/aromatic N) is 2. The molecule has 0 radical (unpaired) electrons. The van der Waals surface area contributed by atoms with Gasteiger partial charge in [0.1, 0.15) is 0 Å². The Morgan fingerprint density at radius 1 is 1.40 bits per heavy atom. The molecule has 1 atom stereocenters. The van der Waals surface area contributed by atoms with Crippen LogP contribution in [0.3, 0.4) is 0 Å². The van der Waals surface area contributed by atoms with Crippen LogP contribution in [0.4, 0.5) is 0 Å². The van der Waals surface area contributed by atoms with Gasteiger partial charge in [-0.3, -0.25) is 4.90 Å². The van der Waals surface area contributed by atoms with Crippen LogP contribution in [0.2, 0.25) is 0 Å². The fourth-order valence-electron chi connectivity index (χ4n) is 2.83. The molecule has 0 aromatic rings. The van der Waals surface area contributed by atoms with Crippen LogP contribution in [-0.4, -0.2) is 62.1 Å². The van der Waals surface area contributed by atoms with Crippen LogP contribution < -0.4 is 5.73 Å². The van der Waals surface area contributed by atoms with Crippen molar-refractivity contribution >= 4 is 10.0 Å². The van der Waals surface area contributed by atoms with Crippen LogP contribution in [0.15, 0.2) is 0 Å². The van der Waals surface area contributed by atoms with Crippen LogP contribution in [0.1, 0.15) is 40.0 Å². The number of nitrogens with two attached hydrogens (primary N) is 1. The molecular formula is C14H31N3O2S. The predicted molar refractivity (Wildman–Crippen MR) is 84.1 cm³/mol. The zero-order chi connectivity index (χ0) is 15.4. The fraction of sp³-hybridized carbons (Fsp3) is 1.00. The Kier molecular flexibility index (Phi) is 6.44. The van der Waals surface area contributed by atoms with Gasteiger partial charge < -0.3 is 5.73 Å². The van der Waals surface area contributed by atoms with Gasteiger partial charge in [0.15, 0.2) is 0 Å². The maximum Gasteiger partial charge on any atom is 0.211 e. The van der Waals surface area contributed by atoms with E-state index in [1.807, 2.05) is 0 Å². The highest BCUT2D eigenvalue weighted by atomic mass is 32.2. The molecule has 1 aliphatic heterocycles. The lowest BCUT2D eigenvalue weighted by atomic mass is 9.95. The van der Waals surface area contributed by atoms with Crippen molar-refractivity contribution < 1.29 is 8.42 Å². The van der Waals surface area contributed by atoms with Crippen LogP contribution in [0.5, 0.6) is 0 Å². The quantitative estimate of drug-likeness (QED) is 0.765. The van der Waals surface area contributed by atoms with Crippen molar-refractivity contribution in [2.45, 2.75) is 45.6 Å². The highest BCUT2D eigenvalue weighted by molar-refractivity contribution is 7.88. The SMILES string of the molecule is CCCN(CC1CCCN(S(C)(=O)=O)C1)C(C)(C)CN. The van der Waals surface area contributed by atoms with Gasteiger partial charge in [-0.1, -0.05) is 6.92 Å². The molecule has 6 heteroatoms. The van der Waals surface area contributed by atoms with Gasteiger partial charge in [0.2, 0.25) is 10.0 Å². The van der Waals surface area contributed by atoms with Crippen molar-refractivity contribution in [3.63, 3.8) is 0 Å². The van der Waals surface area contributed by atoms with Crippen molar-refractivity contribution in [3.05, 3.63) is 0 Å². The Labute approximate surface area is 124 Å². The van der Waals surface area contributed by atoms with E-state index in [4.69, 9.17) is 5.73 Å². The summed E-state index contributed by atoms with van der Waals surface area (Å²) in [6, 6.07) is 0. The molecule has 0 saturated carbocycles. The number of sulfonamides is 1. The van der Waals surface area contributed by atoms with Gasteiger partial charge in [0.05, 0.1) is 6.26 Å². The fourth-order valence-corrected chi connectivity index (χ4v) is 3.77. The summed E-state index contributed by atoms with van der Waals surface area (Å²) in [6.07, 6.45) is 4.46. The molecule has 1 rings (SSSR count). The normalized spacial score (nSPS) is 22.4. The minimum Gasteiger partial charge on any atom is -0.329 e. The molecule has 120 valence electrons. The predicted octanol–water partition coefficient (Wildman–Crippen LogP) is 1.11. The average Bonchev–Trinajstić information content (AvgIpc) is 2.37. The monoisotopic (exact) mass is 305 g/mol. The summed E-state index contributed by atoms with van der Waals surface area (Å²) < 4.78 is 25.0. The van der Waals surface area contributed by atoms with Gasteiger partial charge in [-0.15, -0.1) is 0 Å². The van der Waals surface area contributed by atoms with Crippen molar-refractivity contribution in [2.75, 3.05) is 39.0 Å². The lowest BCUT2D eigenvalue weighted by Gasteiger charge is -2.41. The van der Waals surface area contributed by atoms with E-state index in [-0.39, 0.29) is 5.54 Å². The maximum absolute atomic E-state index is 11.7. The standard InChI is InChI=1S/C14H31N3O2S/c1-5-8-16(14(2,3)12-15)10-13-7-6-9-17(11-13)20(4,18)19/h13H,5-12,15H2,1-4H3. The van der Waals surface area contributed by atoms with E-state index in [9.17, 15) is 8.42 Å². The minimum absolute atomic E-state index is 0.0244. The second kappa shape index (κ2) is 7.20. The van der Waals surface area contributed by atoms with Gasteiger partial charge in [-0.25, -0.2) is 12.7 Å². The molecule has 1 saturated heterocycles. The number of piperidine rings is 1. The molecule has 0 amide bonds. The van der Waals surface area contributed by atoms with Crippen molar-refractivity contribution in [3.8, 4) is 0 Å². The molecule has 5 nitrogen and oxygen atoms in total. The highest BCUT2D eigenvalue weighted by Gasteiger charge is 2.31. The summed E-state index contributed by atoms with van der Waals surface area (Å²) in [6.45, 7) is 10.4. The van der Waals surface area contributed by atoms with Crippen LogP contribution >= 0.6 is 0 Å². The Balaban J connectivity index is 2.69. The van der Waals surface area contributed by atoms with Crippen LogP contribution in [-0.2, 0) is 10.0 Å². The Bertz CT molecular complexity index is 395. The summed E-state index contributed by atoms with van der Waals surface area (Å²) >= 11 is 0. The molecule has 0 aromatic heterocycles. The van der Waals surface area contributed by atoms with Gasteiger partial charge in [-0.05, 0) is 45.6 Å². The third-order valence-corrected chi connectivity index (χ3v) is 5.55. The summed E-state index contributed by atoms with van der Waals surface area (Å²) in [5.41, 5.74) is 5.87. The van der Waals surface area contributed by atoms with E-state index < -0.39 is 10.0 Å². The highest BCUT2D eigenvalue weighted by Crippen LogP contribution is 2.23. The van der Waals surface area contributed by atoms with Crippen molar-refractivity contribution in [1.29, 1.82) is 0 Å². The first kappa shape index (κ1) is 17.9. The summed E-state index contributed by atoms with van der Waals surface area (Å²) in [5, 5.41) is 0. The maximum atomic E-state index is 11.7. The molecule has 20 heavy (non-hydrogen) atoms. The van der Waals surface area contributed by atoms with E-state index in [0.29, 0.717) is 25.6 Å². The number of hydrogen-bond acceptors (Lipinski definition) is 4. The van der Waals surface area contributed by atoms with Crippen molar-refractivity contribution in [1.82, 2.24) is 9.21 Å². The molecular weight excluding hydrogens is 274 g/mol. The van der Waals surface area contributed by atoms with Gasteiger partial charge in [0, 0.05) is 31.7 Å². The second-order valence-electron chi connectivity index (χ2n) is 6.59. The molecule has 2 N–H and O–H groups in total. The van der Waals surface area contributed by atoms with Gasteiger partial charge >= 0.3 is 0 Å². The smallest absolute Gasteiger partial charge is 0.211 e. The molecule has 0 bridgehead atoms. The van der Waals surface area contributed by atoms with Gasteiger partial charge in [-0.2, -0.15) is 0 Å². The topological polar surface area (TPSA) is 66.6 Å². The average molecular weight is 305 g/mol. The zero-order valence-electron chi connectivity index (χ0n) is 13.4. The van der Waals surface area contributed by atoms with E-state index in [1.165, 1.54) is 6.26 Å². The lowest BCUT2D eigenvalue weighted by Crippen LogP contribution is -2.53. The van der Waals surface area contributed by atoms with Crippen LogP contribution in [0.25, 0.3) is 0 Å². The first-order valence-corrected chi connectivity index (χ1v) is 9.45. The minimum atomic E-state index is -3.06. The summed E-state index contributed by atoms with van der Waals surface area (Å²) in [4.78, 5) is 2.42.